The number of benzene rings is 2. The van der Waals surface area contributed by atoms with E-state index in [2.05, 4.69) is 5.32 Å². The van der Waals surface area contributed by atoms with Gasteiger partial charge in [0.1, 0.15) is 17.2 Å². The summed E-state index contributed by atoms with van der Waals surface area (Å²) in [6.45, 7) is 5.89. The molecule has 0 aliphatic rings. The zero-order chi connectivity index (χ0) is 17.7. The number of ether oxygens (including phenoxy) is 3. The average molecular weight is 329 g/mol. The first-order valence-corrected chi connectivity index (χ1v) is 7.67. The van der Waals surface area contributed by atoms with Gasteiger partial charge in [0, 0.05) is 6.07 Å². The van der Waals surface area contributed by atoms with Crippen molar-refractivity contribution in [3.63, 3.8) is 0 Å². The van der Waals surface area contributed by atoms with Gasteiger partial charge in [0.05, 0.1) is 19.9 Å². The smallest absolute Gasteiger partial charge is 0.262 e. The number of carbonyl (C=O) groups excluding carboxylic acids is 1. The van der Waals surface area contributed by atoms with E-state index in [0.717, 1.165) is 22.4 Å². The molecule has 0 aliphatic carbocycles. The lowest BCUT2D eigenvalue weighted by Crippen LogP contribution is -2.21. The predicted molar refractivity (Wildman–Crippen MR) is 94.3 cm³/mol. The van der Waals surface area contributed by atoms with Crippen LogP contribution in [0.4, 0.5) is 5.69 Å². The van der Waals surface area contributed by atoms with E-state index in [-0.39, 0.29) is 12.5 Å². The molecule has 0 unspecified atom stereocenters. The van der Waals surface area contributed by atoms with E-state index < -0.39 is 0 Å². The molecule has 0 heterocycles. The molecule has 5 nitrogen and oxygen atoms in total. The van der Waals surface area contributed by atoms with Gasteiger partial charge in [-0.25, -0.2) is 0 Å². The van der Waals surface area contributed by atoms with Crippen molar-refractivity contribution in [2.24, 2.45) is 0 Å². The lowest BCUT2D eigenvalue weighted by Gasteiger charge is -2.15. The molecule has 24 heavy (non-hydrogen) atoms. The third kappa shape index (κ3) is 3.98. The fourth-order valence-electron chi connectivity index (χ4n) is 2.38. The zero-order valence-electron chi connectivity index (χ0n) is 14.7. The van der Waals surface area contributed by atoms with E-state index in [9.17, 15) is 4.79 Å². The maximum Gasteiger partial charge on any atom is 0.262 e. The number of rotatable bonds is 6. The van der Waals surface area contributed by atoms with Crippen LogP contribution in [0.15, 0.2) is 30.3 Å². The Balaban J connectivity index is 2.08. The normalized spacial score (nSPS) is 10.2. The molecule has 5 heteroatoms. The first kappa shape index (κ1) is 17.7. The number of anilines is 1. The fourth-order valence-corrected chi connectivity index (χ4v) is 2.38. The van der Waals surface area contributed by atoms with E-state index in [1.165, 1.54) is 0 Å². The van der Waals surface area contributed by atoms with Gasteiger partial charge < -0.3 is 19.5 Å². The maximum absolute atomic E-state index is 12.2. The average Bonchev–Trinajstić information content (AvgIpc) is 2.58. The molecule has 0 fully saturated rings. The molecular weight excluding hydrogens is 306 g/mol. The molecule has 128 valence electrons. The molecule has 0 bridgehead atoms. The summed E-state index contributed by atoms with van der Waals surface area (Å²) in [6.07, 6.45) is 0. The third-order valence-electron chi connectivity index (χ3n) is 3.90. The Hall–Kier alpha value is -2.69. The Bertz CT molecular complexity index is 740. The number of nitrogens with one attached hydrogen (secondary N) is 1. The Kier molecular flexibility index (Phi) is 5.68. The third-order valence-corrected chi connectivity index (χ3v) is 3.90. The Morgan fingerprint density at radius 3 is 2.38 bits per heavy atom. The predicted octanol–water partition coefficient (Wildman–Crippen LogP) is 3.65. The number of hydrogen-bond donors (Lipinski definition) is 1. The Morgan fingerprint density at radius 1 is 1.00 bits per heavy atom. The summed E-state index contributed by atoms with van der Waals surface area (Å²) < 4.78 is 16.2. The van der Waals surface area contributed by atoms with Crippen molar-refractivity contribution >= 4 is 11.6 Å². The molecule has 0 radical (unpaired) electrons. The molecule has 2 aromatic carbocycles. The largest absolute Gasteiger partial charge is 0.497 e. The highest BCUT2D eigenvalue weighted by Gasteiger charge is 2.12. The summed E-state index contributed by atoms with van der Waals surface area (Å²) in [5.74, 6) is 1.69. The molecule has 0 spiro atoms. The van der Waals surface area contributed by atoms with Gasteiger partial charge in [-0.2, -0.15) is 0 Å². The summed E-state index contributed by atoms with van der Waals surface area (Å²) in [4.78, 5) is 12.2. The second kappa shape index (κ2) is 7.73. The standard InChI is InChI=1S/C19H23NO4/c1-12-6-7-13(2)19(14(12)3)24-11-18(21)20-16-10-15(22-4)8-9-17(16)23-5/h6-10H,11H2,1-5H3,(H,20,21). The fraction of sp³-hybridized carbons (Fsp3) is 0.316. The summed E-state index contributed by atoms with van der Waals surface area (Å²) in [7, 11) is 3.12. The number of hydrogen-bond acceptors (Lipinski definition) is 4. The molecule has 2 rings (SSSR count). The lowest BCUT2D eigenvalue weighted by atomic mass is 10.1. The van der Waals surface area contributed by atoms with E-state index >= 15 is 0 Å². The summed E-state index contributed by atoms with van der Waals surface area (Å²) in [5.41, 5.74) is 3.72. The van der Waals surface area contributed by atoms with Gasteiger partial charge in [0.2, 0.25) is 0 Å². The van der Waals surface area contributed by atoms with Crippen molar-refractivity contribution < 1.29 is 19.0 Å². The van der Waals surface area contributed by atoms with Gasteiger partial charge >= 0.3 is 0 Å². The van der Waals surface area contributed by atoms with Crippen LogP contribution in [0.5, 0.6) is 17.2 Å². The summed E-state index contributed by atoms with van der Waals surface area (Å²) in [5, 5.41) is 2.79. The van der Waals surface area contributed by atoms with Crippen LogP contribution in [-0.4, -0.2) is 26.7 Å². The van der Waals surface area contributed by atoms with Crippen LogP contribution in [0.25, 0.3) is 0 Å². The molecule has 0 saturated heterocycles. The van der Waals surface area contributed by atoms with E-state index in [0.29, 0.717) is 17.2 Å². The summed E-state index contributed by atoms with van der Waals surface area (Å²) >= 11 is 0. The van der Waals surface area contributed by atoms with Gasteiger partial charge in [-0.1, -0.05) is 12.1 Å². The van der Waals surface area contributed by atoms with Gasteiger partial charge in [0.25, 0.3) is 5.91 Å². The van der Waals surface area contributed by atoms with Crippen LogP contribution in [0, 0.1) is 20.8 Å². The highest BCUT2D eigenvalue weighted by atomic mass is 16.5. The van der Waals surface area contributed by atoms with Crippen LogP contribution < -0.4 is 19.5 Å². The Morgan fingerprint density at radius 2 is 1.71 bits per heavy atom. The van der Waals surface area contributed by atoms with Crippen LogP contribution in [0.2, 0.25) is 0 Å². The van der Waals surface area contributed by atoms with E-state index in [4.69, 9.17) is 14.2 Å². The van der Waals surface area contributed by atoms with Crippen molar-refractivity contribution in [1.29, 1.82) is 0 Å². The number of amides is 1. The molecule has 0 aromatic heterocycles. The molecule has 0 aliphatic heterocycles. The first-order chi connectivity index (χ1) is 11.5. The van der Waals surface area contributed by atoms with Gasteiger partial charge in [-0.05, 0) is 49.6 Å². The topological polar surface area (TPSA) is 56.8 Å². The molecule has 2 aromatic rings. The van der Waals surface area contributed by atoms with Crippen LogP contribution in [0.3, 0.4) is 0 Å². The molecule has 1 amide bonds. The van der Waals surface area contributed by atoms with Crippen LogP contribution >= 0.6 is 0 Å². The van der Waals surface area contributed by atoms with Gasteiger partial charge in [0.15, 0.2) is 6.61 Å². The van der Waals surface area contributed by atoms with Crippen molar-refractivity contribution in [3.05, 3.63) is 47.0 Å². The van der Waals surface area contributed by atoms with Crippen LogP contribution in [0.1, 0.15) is 16.7 Å². The minimum absolute atomic E-state index is 0.0779. The quantitative estimate of drug-likeness (QED) is 0.879. The molecular formula is C19H23NO4. The second-order valence-electron chi connectivity index (χ2n) is 5.56. The maximum atomic E-state index is 12.2. The Labute approximate surface area is 142 Å². The molecule has 0 atom stereocenters. The summed E-state index contributed by atoms with van der Waals surface area (Å²) in [6, 6.07) is 9.24. The van der Waals surface area contributed by atoms with E-state index in [1.807, 2.05) is 32.9 Å². The monoisotopic (exact) mass is 329 g/mol. The SMILES string of the molecule is COc1ccc(OC)c(NC(=O)COc2c(C)ccc(C)c2C)c1. The second-order valence-corrected chi connectivity index (χ2v) is 5.56. The minimum Gasteiger partial charge on any atom is -0.497 e. The lowest BCUT2D eigenvalue weighted by molar-refractivity contribution is -0.118. The highest BCUT2D eigenvalue weighted by molar-refractivity contribution is 5.93. The van der Waals surface area contributed by atoms with Crippen molar-refractivity contribution in [1.82, 2.24) is 0 Å². The zero-order valence-corrected chi connectivity index (χ0v) is 14.7. The van der Waals surface area contributed by atoms with Crippen molar-refractivity contribution in [3.8, 4) is 17.2 Å². The van der Waals surface area contributed by atoms with Crippen molar-refractivity contribution in [2.75, 3.05) is 26.1 Å². The number of aryl methyl sites for hydroxylation is 2. The first-order valence-electron chi connectivity index (χ1n) is 7.67. The molecule has 1 N–H and O–H groups in total. The number of carbonyl (C=O) groups is 1. The minimum atomic E-state index is -0.262. The van der Waals surface area contributed by atoms with Gasteiger partial charge in [-0.3, -0.25) is 4.79 Å². The molecule has 0 saturated carbocycles. The van der Waals surface area contributed by atoms with E-state index in [1.54, 1.807) is 32.4 Å². The van der Waals surface area contributed by atoms with Crippen molar-refractivity contribution in [2.45, 2.75) is 20.8 Å². The number of methoxy groups -OCH3 is 2. The van der Waals surface area contributed by atoms with Gasteiger partial charge in [-0.15, -0.1) is 0 Å². The van der Waals surface area contributed by atoms with Crippen LogP contribution in [-0.2, 0) is 4.79 Å². The highest BCUT2D eigenvalue weighted by Crippen LogP contribution is 2.29.